The highest BCUT2D eigenvalue weighted by atomic mass is 79.9. The summed E-state index contributed by atoms with van der Waals surface area (Å²) in [5.41, 5.74) is 0. The second kappa shape index (κ2) is 5.69. The van der Waals surface area contributed by atoms with E-state index in [9.17, 15) is 8.42 Å². The zero-order valence-electron chi connectivity index (χ0n) is 10.3. The molecule has 0 amide bonds. The Kier molecular flexibility index (Phi) is 4.57. The number of sulfonamides is 1. The van der Waals surface area contributed by atoms with Gasteiger partial charge in [-0.1, -0.05) is 15.9 Å². The lowest BCUT2D eigenvalue weighted by molar-refractivity contribution is 0.448. The normalized spacial score (nSPS) is 27.0. The van der Waals surface area contributed by atoms with Crippen LogP contribution in [0.2, 0.25) is 0 Å². The molecule has 2 aliphatic rings. The van der Waals surface area contributed by atoms with Crippen molar-refractivity contribution < 1.29 is 8.42 Å². The highest BCUT2D eigenvalue weighted by Crippen LogP contribution is 2.30. The highest BCUT2D eigenvalue weighted by Gasteiger charge is 2.41. The fourth-order valence-electron chi connectivity index (χ4n) is 2.76. The van der Waals surface area contributed by atoms with Gasteiger partial charge in [0.25, 0.3) is 0 Å². The van der Waals surface area contributed by atoms with Crippen LogP contribution in [-0.4, -0.2) is 38.9 Å². The minimum atomic E-state index is -3.31. The van der Waals surface area contributed by atoms with Crippen LogP contribution in [0.15, 0.2) is 33.6 Å². The Morgan fingerprint density at radius 1 is 1.11 bits per heavy atom. The van der Waals surface area contributed by atoms with Crippen molar-refractivity contribution in [3.05, 3.63) is 28.7 Å². The van der Waals surface area contributed by atoms with E-state index in [0.29, 0.717) is 29.8 Å². The Labute approximate surface area is 128 Å². The average molecular weight is 368 g/mol. The van der Waals surface area contributed by atoms with Crippen molar-refractivity contribution in [1.29, 1.82) is 0 Å². The molecule has 3 rings (SSSR count). The third kappa shape index (κ3) is 2.83. The quantitative estimate of drug-likeness (QED) is 0.866. The smallest absolute Gasteiger partial charge is 0.243 e. The zero-order chi connectivity index (χ0) is 12.8. The first-order valence-corrected chi connectivity index (χ1v) is 8.27. The van der Waals surface area contributed by atoms with Crippen molar-refractivity contribution >= 4 is 38.4 Å². The van der Waals surface area contributed by atoms with Crippen LogP contribution in [0.3, 0.4) is 0 Å². The molecule has 7 heteroatoms. The van der Waals surface area contributed by atoms with E-state index in [-0.39, 0.29) is 12.4 Å². The van der Waals surface area contributed by atoms with Gasteiger partial charge in [-0.15, -0.1) is 12.4 Å². The molecule has 0 saturated carbocycles. The van der Waals surface area contributed by atoms with Crippen LogP contribution in [0.4, 0.5) is 0 Å². The van der Waals surface area contributed by atoms with Gasteiger partial charge in [0.1, 0.15) is 0 Å². The first-order chi connectivity index (χ1) is 8.57. The monoisotopic (exact) mass is 366 g/mol. The van der Waals surface area contributed by atoms with Crippen molar-refractivity contribution in [2.24, 2.45) is 11.8 Å². The maximum Gasteiger partial charge on any atom is 0.243 e. The van der Waals surface area contributed by atoms with E-state index in [0.717, 1.165) is 17.6 Å². The summed E-state index contributed by atoms with van der Waals surface area (Å²) in [5.74, 6) is 0.963. The molecule has 0 bridgehead atoms. The fraction of sp³-hybridized carbons (Fsp3) is 0.500. The zero-order valence-corrected chi connectivity index (χ0v) is 13.5. The summed E-state index contributed by atoms with van der Waals surface area (Å²) in [6, 6.07) is 6.86. The highest BCUT2D eigenvalue weighted by molar-refractivity contribution is 9.10. The molecule has 2 aliphatic heterocycles. The number of hydrogen-bond acceptors (Lipinski definition) is 3. The van der Waals surface area contributed by atoms with Crippen LogP contribution in [0.5, 0.6) is 0 Å². The molecule has 2 saturated heterocycles. The molecule has 0 unspecified atom stereocenters. The largest absolute Gasteiger partial charge is 0.316 e. The summed E-state index contributed by atoms with van der Waals surface area (Å²) in [4.78, 5) is 0.388. The van der Waals surface area contributed by atoms with Crippen molar-refractivity contribution in [3.63, 3.8) is 0 Å². The van der Waals surface area contributed by atoms with Gasteiger partial charge in [-0.2, -0.15) is 4.31 Å². The van der Waals surface area contributed by atoms with Gasteiger partial charge < -0.3 is 5.32 Å². The Bertz CT molecular complexity index is 537. The van der Waals surface area contributed by atoms with Crippen LogP contribution < -0.4 is 5.32 Å². The van der Waals surface area contributed by atoms with Gasteiger partial charge in [0, 0.05) is 17.6 Å². The van der Waals surface area contributed by atoms with Gasteiger partial charge in [-0.3, -0.25) is 0 Å². The number of nitrogens with zero attached hydrogens (tertiary/aromatic N) is 1. The van der Waals surface area contributed by atoms with Crippen molar-refractivity contribution in [1.82, 2.24) is 9.62 Å². The van der Waals surface area contributed by atoms with Gasteiger partial charge in [-0.25, -0.2) is 8.42 Å². The predicted molar refractivity (Wildman–Crippen MR) is 80.0 cm³/mol. The second-order valence-corrected chi connectivity index (χ2v) is 7.81. The minimum absolute atomic E-state index is 0. The Morgan fingerprint density at radius 2 is 1.63 bits per heavy atom. The predicted octanol–water partition coefficient (Wildman–Crippen LogP) is 1.71. The van der Waals surface area contributed by atoms with E-state index in [1.807, 2.05) is 0 Å². The lowest BCUT2D eigenvalue weighted by Crippen LogP contribution is -2.31. The van der Waals surface area contributed by atoms with Crippen LogP contribution in [0, 0.1) is 11.8 Å². The van der Waals surface area contributed by atoms with Crippen molar-refractivity contribution in [3.8, 4) is 0 Å². The van der Waals surface area contributed by atoms with E-state index < -0.39 is 10.0 Å². The average Bonchev–Trinajstić information content (AvgIpc) is 2.89. The molecule has 2 fully saturated rings. The first-order valence-electron chi connectivity index (χ1n) is 6.04. The van der Waals surface area contributed by atoms with Crippen LogP contribution in [0.1, 0.15) is 0 Å². The lowest BCUT2D eigenvalue weighted by Gasteiger charge is -2.17. The Morgan fingerprint density at radius 3 is 2.16 bits per heavy atom. The van der Waals surface area contributed by atoms with Crippen LogP contribution in [0.25, 0.3) is 0 Å². The molecular formula is C12H16BrClN2O2S. The van der Waals surface area contributed by atoms with Gasteiger partial charge in [-0.05, 0) is 49.2 Å². The minimum Gasteiger partial charge on any atom is -0.316 e. The van der Waals surface area contributed by atoms with Crippen molar-refractivity contribution in [2.75, 3.05) is 26.2 Å². The molecule has 19 heavy (non-hydrogen) atoms. The first kappa shape index (κ1) is 15.3. The summed E-state index contributed by atoms with van der Waals surface area (Å²) in [7, 11) is -3.31. The molecule has 106 valence electrons. The number of benzene rings is 1. The number of fused-ring (bicyclic) bond motifs is 1. The SMILES string of the molecule is Cl.O=S(=O)(c1ccc(Br)cc1)N1C[C@H]2CNC[C@H]2C1. The van der Waals surface area contributed by atoms with Crippen LogP contribution >= 0.6 is 28.3 Å². The van der Waals surface area contributed by atoms with Crippen LogP contribution in [-0.2, 0) is 10.0 Å². The van der Waals surface area contributed by atoms with Gasteiger partial charge in [0.2, 0.25) is 10.0 Å². The standard InChI is InChI=1S/C12H15BrN2O2S.ClH/c13-11-1-3-12(4-2-11)18(16,17)15-7-9-5-14-6-10(9)8-15;/h1-4,9-10,14H,5-8H2;1H/t9-,10+;. The molecule has 1 aromatic carbocycles. The third-order valence-electron chi connectivity index (χ3n) is 3.81. The summed E-state index contributed by atoms with van der Waals surface area (Å²) in [5, 5.41) is 3.32. The number of halogens is 2. The fourth-order valence-corrected chi connectivity index (χ4v) is 4.58. The summed E-state index contributed by atoms with van der Waals surface area (Å²) >= 11 is 3.32. The third-order valence-corrected chi connectivity index (χ3v) is 6.18. The summed E-state index contributed by atoms with van der Waals surface area (Å²) < 4.78 is 27.5. The molecule has 0 radical (unpaired) electrons. The number of hydrogen-bond donors (Lipinski definition) is 1. The Balaban J connectivity index is 0.00000133. The topological polar surface area (TPSA) is 49.4 Å². The van der Waals surface area contributed by atoms with Gasteiger partial charge in [0.05, 0.1) is 4.90 Å². The van der Waals surface area contributed by atoms with E-state index in [4.69, 9.17) is 0 Å². The van der Waals surface area contributed by atoms with Gasteiger partial charge in [0.15, 0.2) is 0 Å². The Hall–Kier alpha value is -0.140. The summed E-state index contributed by atoms with van der Waals surface area (Å²) in [6.45, 7) is 3.18. The van der Waals surface area contributed by atoms with E-state index >= 15 is 0 Å². The molecule has 2 atom stereocenters. The van der Waals surface area contributed by atoms with E-state index in [1.165, 1.54) is 0 Å². The molecular weight excluding hydrogens is 352 g/mol. The molecule has 0 spiro atoms. The van der Waals surface area contributed by atoms with Gasteiger partial charge >= 0.3 is 0 Å². The number of rotatable bonds is 2. The summed E-state index contributed by atoms with van der Waals surface area (Å²) in [6.07, 6.45) is 0. The molecule has 0 aromatic heterocycles. The second-order valence-electron chi connectivity index (χ2n) is 4.95. The maximum atomic E-state index is 12.5. The van der Waals surface area contributed by atoms with E-state index in [1.54, 1.807) is 28.6 Å². The van der Waals surface area contributed by atoms with E-state index in [2.05, 4.69) is 21.2 Å². The lowest BCUT2D eigenvalue weighted by atomic mass is 10.0. The number of nitrogens with one attached hydrogen (secondary N) is 1. The molecule has 2 heterocycles. The molecule has 1 aromatic rings. The maximum absolute atomic E-state index is 12.5. The molecule has 4 nitrogen and oxygen atoms in total. The molecule has 1 N–H and O–H groups in total. The van der Waals surface area contributed by atoms with Crippen molar-refractivity contribution in [2.45, 2.75) is 4.90 Å². The molecule has 0 aliphatic carbocycles.